The summed E-state index contributed by atoms with van der Waals surface area (Å²) in [5, 5.41) is 0. The van der Waals surface area contributed by atoms with Crippen LogP contribution in [0.25, 0.3) is 0 Å². The average Bonchev–Trinajstić information content (AvgIpc) is 2.41. The van der Waals surface area contributed by atoms with E-state index in [1.807, 2.05) is 0 Å². The van der Waals surface area contributed by atoms with Crippen molar-refractivity contribution in [2.24, 2.45) is 0 Å². The Kier molecular flexibility index (Phi) is 4.13. The van der Waals surface area contributed by atoms with E-state index in [2.05, 4.69) is 30.6 Å². The molecule has 3 N–H and O–H groups in total. The van der Waals surface area contributed by atoms with Crippen LogP contribution in [0.5, 0.6) is 0 Å². The lowest BCUT2D eigenvalue weighted by Crippen LogP contribution is -2.23. The molecule has 0 radical (unpaired) electrons. The number of halogens is 1. The highest BCUT2D eigenvalue weighted by atomic mass is 79.9. The fourth-order valence-corrected chi connectivity index (χ4v) is 2.91. The van der Waals surface area contributed by atoms with Gasteiger partial charge in [-0.2, -0.15) is 0 Å². The summed E-state index contributed by atoms with van der Waals surface area (Å²) in [5.74, 6) is 0. The number of sulfonamides is 1. The molecule has 100 valence electrons. The van der Waals surface area contributed by atoms with Crippen LogP contribution in [0, 0.1) is 0 Å². The number of hydrogen-bond donors (Lipinski definition) is 2. The minimum atomic E-state index is -3.59. The maximum atomic E-state index is 12.1. The highest BCUT2D eigenvalue weighted by Crippen LogP contribution is 2.22. The summed E-state index contributed by atoms with van der Waals surface area (Å²) in [6, 6.07) is 6.07. The van der Waals surface area contributed by atoms with Gasteiger partial charge >= 0.3 is 0 Å². The third-order valence-electron chi connectivity index (χ3n) is 2.37. The maximum absolute atomic E-state index is 12.1. The van der Waals surface area contributed by atoms with E-state index in [0.717, 1.165) is 0 Å². The second-order valence-electron chi connectivity index (χ2n) is 3.71. The van der Waals surface area contributed by atoms with E-state index < -0.39 is 10.0 Å². The smallest absolute Gasteiger partial charge is 0.240 e. The van der Waals surface area contributed by atoms with Crippen molar-refractivity contribution in [3.8, 4) is 0 Å². The summed E-state index contributed by atoms with van der Waals surface area (Å²) in [4.78, 5) is 7.84. The lowest BCUT2D eigenvalue weighted by atomic mass is 10.3. The lowest BCUT2D eigenvalue weighted by molar-refractivity contribution is 0.580. The molecule has 0 aliphatic carbocycles. The molecule has 8 heteroatoms. The van der Waals surface area contributed by atoms with Gasteiger partial charge in [0.15, 0.2) is 0 Å². The SMILES string of the molecule is Nc1ccc(S(=O)(=O)NCc2ccncn2)cc1Br. The van der Waals surface area contributed by atoms with E-state index >= 15 is 0 Å². The fraction of sp³-hybridized carbons (Fsp3) is 0.0909. The van der Waals surface area contributed by atoms with E-state index in [-0.39, 0.29) is 11.4 Å². The Morgan fingerprint density at radius 2 is 2.11 bits per heavy atom. The van der Waals surface area contributed by atoms with E-state index in [9.17, 15) is 8.42 Å². The van der Waals surface area contributed by atoms with Crippen molar-refractivity contribution in [2.75, 3.05) is 5.73 Å². The van der Waals surface area contributed by atoms with Crippen LogP contribution in [-0.4, -0.2) is 18.4 Å². The van der Waals surface area contributed by atoms with Crippen LogP contribution < -0.4 is 10.5 Å². The molecule has 1 aromatic carbocycles. The van der Waals surface area contributed by atoms with Gasteiger partial charge in [-0.1, -0.05) is 0 Å². The van der Waals surface area contributed by atoms with Gasteiger partial charge in [0.1, 0.15) is 6.33 Å². The molecule has 2 rings (SSSR count). The number of nitrogens with one attached hydrogen (secondary N) is 1. The number of nitrogens with two attached hydrogens (primary N) is 1. The monoisotopic (exact) mass is 342 g/mol. The average molecular weight is 343 g/mol. The Hall–Kier alpha value is -1.51. The highest BCUT2D eigenvalue weighted by Gasteiger charge is 2.14. The van der Waals surface area contributed by atoms with Gasteiger partial charge in [0.2, 0.25) is 10.0 Å². The molecule has 0 saturated heterocycles. The van der Waals surface area contributed by atoms with Crippen molar-refractivity contribution >= 4 is 31.6 Å². The fourth-order valence-electron chi connectivity index (χ4n) is 1.35. The zero-order valence-corrected chi connectivity index (χ0v) is 12.1. The summed E-state index contributed by atoms with van der Waals surface area (Å²) >= 11 is 3.20. The molecule has 2 aromatic rings. The Balaban J connectivity index is 2.16. The number of aromatic nitrogens is 2. The second kappa shape index (κ2) is 5.64. The van der Waals surface area contributed by atoms with E-state index in [1.54, 1.807) is 12.3 Å². The first-order valence-corrected chi connectivity index (χ1v) is 7.56. The molecule has 0 aliphatic heterocycles. The number of anilines is 1. The largest absolute Gasteiger partial charge is 0.398 e. The highest BCUT2D eigenvalue weighted by molar-refractivity contribution is 9.10. The number of rotatable bonds is 4. The quantitative estimate of drug-likeness (QED) is 0.816. The molecule has 1 aromatic heterocycles. The number of hydrogen-bond acceptors (Lipinski definition) is 5. The van der Waals surface area contributed by atoms with Crippen molar-refractivity contribution in [2.45, 2.75) is 11.4 Å². The van der Waals surface area contributed by atoms with Crippen molar-refractivity contribution in [1.82, 2.24) is 14.7 Å². The summed E-state index contributed by atoms with van der Waals surface area (Å²) < 4.78 is 27.1. The molecule has 19 heavy (non-hydrogen) atoms. The molecule has 0 amide bonds. The zero-order chi connectivity index (χ0) is 13.9. The molecule has 0 saturated carbocycles. The van der Waals surface area contributed by atoms with Crippen LogP contribution >= 0.6 is 15.9 Å². The summed E-state index contributed by atoms with van der Waals surface area (Å²) in [6.45, 7) is 0.104. The second-order valence-corrected chi connectivity index (χ2v) is 6.33. The molecule has 0 aliphatic rings. The molecule has 1 heterocycles. The first kappa shape index (κ1) is 13.9. The molecule has 0 spiro atoms. The lowest BCUT2D eigenvalue weighted by Gasteiger charge is -2.07. The Bertz CT molecular complexity index is 676. The van der Waals surface area contributed by atoms with Gasteiger partial charge in [-0.3, -0.25) is 0 Å². The third-order valence-corrected chi connectivity index (χ3v) is 4.45. The minimum Gasteiger partial charge on any atom is -0.398 e. The molecule has 0 atom stereocenters. The Morgan fingerprint density at radius 1 is 1.32 bits per heavy atom. The maximum Gasteiger partial charge on any atom is 0.240 e. The molecule has 0 bridgehead atoms. The van der Waals surface area contributed by atoms with Crippen molar-refractivity contribution in [3.63, 3.8) is 0 Å². The van der Waals surface area contributed by atoms with Crippen molar-refractivity contribution in [1.29, 1.82) is 0 Å². The van der Waals surface area contributed by atoms with Crippen molar-refractivity contribution in [3.05, 3.63) is 47.0 Å². The summed E-state index contributed by atoms with van der Waals surface area (Å²) in [7, 11) is -3.59. The zero-order valence-electron chi connectivity index (χ0n) is 9.75. The topological polar surface area (TPSA) is 98.0 Å². The van der Waals surface area contributed by atoms with Crippen LogP contribution in [-0.2, 0) is 16.6 Å². The molecular formula is C11H11BrN4O2S. The predicted molar refractivity (Wildman–Crippen MR) is 74.6 cm³/mol. The first-order chi connectivity index (χ1) is 8.99. The Labute approximate surface area is 119 Å². The first-order valence-electron chi connectivity index (χ1n) is 5.28. The van der Waals surface area contributed by atoms with E-state index in [4.69, 9.17) is 5.73 Å². The van der Waals surface area contributed by atoms with Crippen LogP contribution in [0.1, 0.15) is 5.69 Å². The standard InChI is InChI=1S/C11H11BrN4O2S/c12-10-5-9(1-2-11(10)13)19(17,18)16-6-8-3-4-14-7-15-8/h1-5,7,16H,6,13H2. The Morgan fingerprint density at radius 3 is 2.74 bits per heavy atom. The van der Waals surface area contributed by atoms with Gasteiger partial charge < -0.3 is 5.73 Å². The van der Waals surface area contributed by atoms with Gasteiger partial charge in [0.05, 0.1) is 17.1 Å². The van der Waals surface area contributed by atoms with Crippen LogP contribution in [0.2, 0.25) is 0 Å². The molecular weight excluding hydrogens is 332 g/mol. The number of nitrogen functional groups attached to an aromatic ring is 1. The number of benzene rings is 1. The molecule has 0 fully saturated rings. The van der Waals surface area contributed by atoms with E-state index in [1.165, 1.54) is 24.5 Å². The normalized spacial score (nSPS) is 11.4. The minimum absolute atomic E-state index is 0.104. The third kappa shape index (κ3) is 3.49. The summed E-state index contributed by atoms with van der Waals surface area (Å²) in [6.07, 6.45) is 2.92. The van der Waals surface area contributed by atoms with Crippen LogP contribution in [0.15, 0.2) is 46.2 Å². The molecule has 6 nitrogen and oxygen atoms in total. The number of nitrogens with zero attached hydrogens (tertiary/aromatic N) is 2. The van der Waals surface area contributed by atoms with E-state index in [0.29, 0.717) is 15.9 Å². The molecule has 0 unspecified atom stereocenters. The van der Waals surface area contributed by atoms with Crippen molar-refractivity contribution < 1.29 is 8.42 Å². The predicted octanol–water partition coefficient (Wildman–Crippen LogP) is 1.30. The van der Waals surface area contributed by atoms with Crippen LogP contribution in [0.4, 0.5) is 5.69 Å². The summed E-state index contributed by atoms with van der Waals surface area (Å²) in [5.41, 5.74) is 6.69. The van der Waals surface area contributed by atoms with Gasteiger partial charge in [-0.15, -0.1) is 0 Å². The van der Waals surface area contributed by atoms with Gasteiger partial charge in [0.25, 0.3) is 0 Å². The van der Waals surface area contributed by atoms with Gasteiger partial charge in [0, 0.05) is 16.4 Å². The van der Waals surface area contributed by atoms with Crippen LogP contribution in [0.3, 0.4) is 0 Å². The van der Waals surface area contributed by atoms with Gasteiger partial charge in [-0.05, 0) is 40.2 Å². The van der Waals surface area contributed by atoms with Gasteiger partial charge in [-0.25, -0.2) is 23.1 Å².